The van der Waals surface area contributed by atoms with E-state index in [2.05, 4.69) is 10.2 Å². The number of carbonyl (C=O) groups is 1. The first kappa shape index (κ1) is 9.51. The maximum Gasteiger partial charge on any atom is 0.339 e. The number of benzene rings is 1. The van der Waals surface area contributed by atoms with Gasteiger partial charge in [0.05, 0.1) is 7.11 Å². The molecule has 2 aromatic rings. The largest absolute Gasteiger partial charge is 0.493 e. The lowest BCUT2D eigenvalue weighted by atomic mass is 10.1. The molecule has 0 amide bonds. The molecular formula is C10H10N2O3. The van der Waals surface area contributed by atoms with Crippen LogP contribution in [-0.2, 0) is 0 Å². The second-order valence-electron chi connectivity index (χ2n) is 3.20. The number of aromatic nitrogens is 2. The minimum absolute atomic E-state index is 0.122. The van der Waals surface area contributed by atoms with Crippen molar-refractivity contribution in [1.29, 1.82) is 0 Å². The summed E-state index contributed by atoms with van der Waals surface area (Å²) in [4.78, 5) is 10.9. The third-order valence-electron chi connectivity index (χ3n) is 2.31. The van der Waals surface area contributed by atoms with Crippen LogP contribution in [0.2, 0.25) is 0 Å². The molecule has 15 heavy (non-hydrogen) atoms. The smallest absolute Gasteiger partial charge is 0.339 e. The van der Waals surface area contributed by atoms with E-state index in [-0.39, 0.29) is 5.56 Å². The Bertz CT molecular complexity index is 531. The zero-order chi connectivity index (χ0) is 11.0. The molecule has 1 aromatic heterocycles. The lowest BCUT2D eigenvalue weighted by molar-refractivity contribution is 0.0693. The lowest BCUT2D eigenvalue weighted by Gasteiger charge is -2.04. The van der Waals surface area contributed by atoms with Gasteiger partial charge in [0.25, 0.3) is 0 Å². The van der Waals surface area contributed by atoms with E-state index < -0.39 is 5.97 Å². The van der Waals surface area contributed by atoms with E-state index in [1.807, 2.05) is 6.92 Å². The van der Waals surface area contributed by atoms with Crippen LogP contribution in [0.1, 0.15) is 16.1 Å². The molecule has 0 saturated heterocycles. The molecule has 1 aromatic carbocycles. The second-order valence-corrected chi connectivity index (χ2v) is 3.20. The number of H-pyrrole nitrogens is 1. The highest BCUT2D eigenvalue weighted by atomic mass is 16.5. The third kappa shape index (κ3) is 1.32. The zero-order valence-electron chi connectivity index (χ0n) is 8.37. The van der Waals surface area contributed by atoms with Crippen LogP contribution >= 0.6 is 0 Å². The van der Waals surface area contributed by atoms with Crippen LogP contribution in [0, 0.1) is 6.92 Å². The molecule has 0 fully saturated rings. The lowest BCUT2D eigenvalue weighted by Crippen LogP contribution is -2.00. The first-order valence-corrected chi connectivity index (χ1v) is 4.40. The van der Waals surface area contributed by atoms with E-state index >= 15 is 0 Å². The van der Waals surface area contributed by atoms with E-state index in [1.165, 1.54) is 13.2 Å². The van der Waals surface area contributed by atoms with Gasteiger partial charge < -0.3 is 9.84 Å². The summed E-state index contributed by atoms with van der Waals surface area (Å²) in [6.45, 7) is 1.87. The van der Waals surface area contributed by atoms with Gasteiger partial charge in [-0.1, -0.05) is 0 Å². The molecule has 78 valence electrons. The molecular weight excluding hydrogens is 196 g/mol. The van der Waals surface area contributed by atoms with E-state index in [4.69, 9.17) is 9.84 Å². The highest BCUT2D eigenvalue weighted by molar-refractivity contribution is 5.99. The van der Waals surface area contributed by atoms with Crippen LogP contribution in [0.15, 0.2) is 12.1 Å². The monoisotopic (exact) mass is 206 g/mol. The molecule has 0 unspecified atom stereocenters. The topological polar surface area (TPSA) is 75.2 Å². The summed E-state index contributed by atoms with van der Waals surface area (Å²) >= 11 is 0. The molecule has 2 N–H and O–H groups in total. The van der Waals surface area contributed by atoms with Crippen LogP contribution in [0.5, 0.6) is 5.75 Å². The summed E-state index contributed by atoms with van der Waals surface area (Å²) in [6, 6.07) is 3.24. The Morgan fingerprint density at radius 3 is 2.87 bits per heavy atom. The van der Waals surface area contributed by atoms with E-state index in [1.54, 1.807) is 6.07 Å². The minimum Gasteiger partial charge on any atom is -0.493 e. The van der Waals surface area contributed by atoms with Crippen molar-refractivity contribution in [3.8, 4) is 5.75 Å². The summed E-state index contributed by atoms with van der Waals surface area (Å²) in [5.74, 6) is -0.723. The van der Waals surface area contributed by atoms with Gasteiger partial charge in [-0.2, -0.15) is 5.10 Å². The Labute approximate surface area is 85.7 Å². The Morgan fingerprint density at radius 1 is 1.53 bits per heavy atom. The van der Waals surface area contributed by atoms with Crippen molar-refractivity contribution in [3.05, 3.63) is 23.4 Å². The van der Waals surface area contributed by atoms with Gasteiger partial charge in [-0.25, -0.2) is 4.79 Å². The van der Waals surface area contributed by atoms with Gasteiger partial charge >= 0.3 is 5.97 Å². The summed E-state index contributed by atoms with van der Waals surface area (Å²) < 4.78 is 5.07. The number of nitrogens with zero attached hydrogens (tertiary/aromatic N) is 1. The van der Waals surface area contributed by atoms with Crippen LogP contribution in [0.25, 0.3) is 10.9 Å². The molecule has 1 heterocycles. The summed E-state index contributed by atoms with van der Waals surface area (Å²) in [6.07, 6.45) is 0. The van der Waals surface area contributed by atoms with Crippen LogP contribution in [-0.4, -0.2) is 28.4 Å². The van der Waals surface area contributed by atoms with Crippen molar-refractivity contribution in [2.45, 2.75) is 6.92 Å². The highest BCUT2D eigenvalue weighted by Gasteiger charge is 2.16. The molecule has 5 nitrogen and oxygen atoms in total. The van der Waals surface area contributed by atoms with Gasteiger partial charge in [0.15, 0.2) is 5.75 Å². The zero-order valence-corrected chi connectivity index (χ0v) is 8.37. The molecule has 0 aliphatic heterocycles. The number of fused-ring (bicyclic) bond motifs is 1. The van der Waals surface area contributed by atoms with Crippen LogP contribution < -0.4 is 4.74 Å². The number of hydrogen-bond donors (Lipinski definition) is 2. The number of nitrogens with one attached hydrogen (secondary N) is 1. The van der Waals surface area contributed by atoms with Crippen molar-refractivity contribution in [3.63, 3.8) is 0 Å². The Morgan fingerprint density at radius 2 is 2.27 bits per heavy atom. The molecule has 0 saturated carbocycles. The van der Waals surface area contributed by atoms with Gasteiger partial charge in [-0.3, -0.25) is 5.10 Å². The molecule has 2 rings (SSSR count). The predicted octanol–water partition coefficient (Wildman–Crippen LogP) is 1.58. The molecule has 0 spiro atoms. The first-order chi connectivity index (χ1) is 7.15. The average molecular weight is 206 g/mol. The van der Waals surface area contributed by atoms with Crippen molar-refractivity contribution in [1.82, 2.24) is 10.2 Å². The number of aromatic carboxylic acids is 1. The van der Waals surface area contributed by atoms with E-state index in [0.717, 1.165) is 11.1 Å². The molecule has 5 heteroatoms. The fraction of sp³-hybridized carbons (Fsp3) is 0.200. The second kappa shape index (κ2) is 3.27. The number of aryl methyl sites for hydroxylation is 1. The number of rotatable bonds is 2. The number of aromatic amines is 1. The molecule has 0 radical (unpaired) electrons. The summed E-state index contributed by atoms with van der Waals surface area (Å²) in [7, 11) is 1.44. The Hall–Kier alpha value is -2.04. The molecule has 0 aliphatic rings. The fourth-order valence-corrected chi connectivity index (χ4v) is 1.56. The van der Waals surface area contributed by atoms with E-state index in [0.29, 0.717) is 11.3 Å². The van der Waals surface area contributed by atoms with Gasteiger partial charge in [0.2, 0.25) is 0 Å². The number of carboxylic acid groups (broad SMARTS) is 1. The predicted molar refractivity (Wildman–Crippen MR) is 54.3 cm³/mol. The molecule has 0 atom stereocenters. The standard InChI is InChI=1S/C10H10N2O3/c1-5-6-3-4-7(10(13)14)9(15-2)8(6)12-11-5/h3-4H,1-2H3,(H,11,12)(H,13,14). The van der Waals surface area contributed by atoms with Crippen molar-refractivity contribution in [2.24, 2.45) is 0 Å². The SMILES string of the molecule is COc1c(C(=O)O)ccc2c(C)[nH]nc12. The molecule has 0 aliphatic carbocycles. The van der Waals surface area contributed by atoms with Gasteiger partial charge in [-0.15, -0.1) is 0 Å². The Balaban J connectivity index is 2.82. The first-order valence-electron chi connectivity index (χ1n) is 4.40. The molecule has 0 bridgehead atoms. The van der Waals surface area contributed by atoms with Gasteiger partial charge in [0, 0.05) is 11.1 Å². The van der Waals surface area contributed by atoms with Crippen molar-refractivity contribution in [2.75, 3.05) is 7.11 Å². The maximum atomic E-state index is 10.9. The minimum atomic E-state index is -1.02. The van der Waals surface area contributed by atoms with Crippen molar-refractivity contribution >= 4 is 16.9 Å². The maximum absolute atomic E-state index is 10.9. The Kier molecular flexibility index (Phi) is 2.07. The number of carboxylic acids is 1. The third-order valence-corrected chi connectivity index (χ3v) is 2.31. The average Bonchev–Trinajstić information content (AvgIpc) is 2.59. The van der Waals surface area contributed by atoms with Crippen molar-refractivity contribution < 1.29 is 14.6 Å². The fourth-order valence-electron chi connectivity index (χ4n) is 1.56. The number of methoxy groups -OCH3 is 1. The highest BCUT2D eigenvalue weighted by Crippen LogP contribution is 2.29. The van der Waals surface area contributed by atoms with Gasteiger partial charge in [0.1, 0.15) is 11.1 Å². The van der Waals surface area contributed by atoms with Gasteiger partial charge in [-0.05, 0) is 19.1 Å². The summed E-state index contributed by atoms with van der Waals surface area (Å²) in [5.41, 5.74) is 1.56. The van der Waals surface area contributed by atoms with Crippen LogP contribution in [0.4, 0.5) is 0 Å². The van der Waals surface area contributed by atoms with Crippen LogP contribution in [0.3, 0.4) is 0 Å². The number of ether oxygens (including phenoxy) is 1. The number of hydrogen-bond acceptors (Lipinski definition) is 3. The quantitative estimate of drug-likeness (QED) is 0.782. The van der Waals surface area contributed by atoms with E-state index in [9.17, 15) is 4.79 Å². The normalized spacial score (nSPS) is 10.5. The summed E-state index contributed by atoms with van der Waals surface area (Å²) in [5, 5.41) is 16.6.